The molecule has 0 N–H and O–H groups in total. The first-order chi connectivity index (χ1) is 15.7. The van der Waals surface area contributed by atoms with Crippen molar-refractivity contribution in [3.8, 4) is 11.8 Å². The second-order valence-electron chi connectivity index (χ2n) is 7.86. The van der Waals surface area contributed by atoms with Gasteiger partial charge < -0.3 is 9.30 Å². The summed E-state index contributed by atoms with van der Waals surface area (Å²) < 4.78 is 10.2. The molecule has 0 aliphatic carbocycles. The van der Waals surface area contributed by atoms with Gasteiger partial charge in [-0.3, -0.25) is 9.36 Å². The molecule has 1 saturated heterocycles. The summed E-state index contributed by atoms with van der Waals surface area (Å²) in [6.45, 7) is 1.20. The number of benzene rings is 2. The molecule has 1 aliphatic heterocycles. The third kappa shape index (κ3) is 3.53. The number of imidazole rings is 1. The number of rotatable bonds is 5. The van der Waals surface area contributed by atoms with Crippen LogP contribution in [0.1, 0.15) is 24.0 Å². The van der Waals surface area contributed by atoms with Crippen LogP contribution in [0.4, 0.5) is 0 Å². The first-order valence-corrected chi connectivity index (χ1v) is 10.5. The molecular formula is C24H21N5O3. The normalized spacial score (nSPS) is 15.8. The van der Waals surface area contributed by atoms with Crippen LogP contribution in [-0.2, 0) is 17.8 Å². The molecule has 0 radical (unpaired) electrons. The molecule has 160 valence electrons. The topological polar surface area (TPSA) is 94.8 Å². The highest BCUT2D eigenvalue weighted by molar-refractivity contribution is 5.72. The SMILES string of the molecule is N#Cc1cccc(Cn2cnc3c2c(=O)n(C[C@H]2CCCO2)c(=O)n3-c2ccccc2)c1. The summed E-state index contributed by atoms with van der Waals surface area (Å²) in [5, 5.41) is 9.20. The van der Waals surface area contributed by atoms with E-state index in [4.69, 9.17) is 4.74 Å². The molecule has 32 heavy (non-hydrogen) atoms. The minimum absolute atomic E-state index is 0.161. The summed E-state index contributed by atoms with van der Waals surface area (Å²) in [5.41, 5.74) is 1.89. The third-order valence-electron chi connectivity index (χ3n) is 5.73. The minimum Gasteiger partial charge on any atom is -0.376 e. The summed E-state index contributed by atoms with van der Waals surface area (Å²) in [5.74, 6) is 0. The average molecular weight is 427 g/mol. The van der Waals surface area contributed by atoms with Crippen molar-refractivity contribution in [2.24, 2.45) is 0 Å². The number of hydrogen-bond donors (Lipinski definition) is 0. The minimum atomic E-state index is -0.430. The first kappa shape index (κ1) is 20.0. The molecule has 0 unspecified atom stereocenters. The Kier molecular flexibility index (Phi) is 5.17. The molecule has 8 nitrogen and oxygen atoms in total. The van der Waals surface area contributed by atoms with Gasteiger partial charge in [0.05, 0.1) is 36.3 Å². The predicted molar refractivity (Wildman–Crippen MR) is 119 cm³/mol. The lowest BCUT2D eigenvalue weighted by molar-refractivity contribution is 0.0950. The zero-order chi connectivity index (χ0) is 22.1. The molecule has 5 rings (SSSR count). The van der Waals surface area contributed by atoms with Crippen LogP contribution in [-0.4, -0.2) is 31.4 Å². The number of fused-ring (bicyclic) bond motifs is 1. The van der Waals surface area contributed by atoms with Gasteiger partial charge in [0.1, 0.15) is 0 Å². The Labute approximate surface area is 183 Å². The quantitative estimate of drug-likeness (QED) is 0.488. The van der Waals surface area contributed by atoms with Crippen LogP contribution in [0.25, 0.3) is 16.9 Å². The van der Waals surface area contributed by atoms with Crippen LogP contribution < -0.4 is 11.2 Å². The summed E-state index contributed by atoms with van der Waals surface area (Å²) in [6, 6.07) is 18.5. The van der Waals surface area contributed by atoms with Crippen molar-refractivity contribution in [1.82, 2.24) is 18.7 Å². The van der Waals surface area contributed by atoms with E-state index in [1.165, 1.54) is 9.13 Å². The van der Waals surface area contributed by atoms with E-state index in [1.54, 1.807) is 23.0 Å². The summed E-state index contributed by atoms with van der Waals surface area (Å²) in [6.07, 6.45) is 3.14. The fraction of sp³-hybridized carbons (Fsp3) is 0.250. The van der Waals surface area contributed by atoms with Crippen molar-refractivity contribution in [3.05, 3.63) is 92.9 Å². The molecule has 8 heteroatoms. The largest absolute Gasteiger partial charge is 0.376 e. The van der Waals surface area contributed by atoms with Crippen LogP contribution in [0.5, 0.6) is 0 Å². The van der Waals surface area contributed by atoms with Crippen molar-refractivity contribution in [2.45, 2.75) is 32.0 Å². The second kappa shape index (κ2) is 8.29. The Morgan fingerprint density at radius 3 is 2.72 bits per heavy atom. The van der Waals surface area contributed by atoms with Gasteiger partial charge in [-0.2, -0.15) is 5.26 Å². The zero-order valence-corrected chi connectivity index (χ0v) is 17.3. The monoisotopic (exact) mass is 427 g/mol. The van der Waals surface area contributed by atoms with Crippen molar-refractivity contribution in [2.75, 3.05) is 6.61 Å². The number of para-hydroxylation sites is 1. The van der Waals surface area contributed by atoms with Gasteiger partial charge in [0, 0.05) is 13.2 Å². The van der Waals surface area contributed by atoms with Gasteiger partial charge in [-0.25, -0.2) is 14.3 Å². The lowest BCUT2D eigenvalue weighted by Crippen LogP contribution is -2.42. The predicted octanol–water partition coefficient (Wildman–Crippen LogP) is 2.45. The molecule has 1 aliphatic rings. The maximum Gasteiger partial charge on any atom is 0.337 e. The lowest BCUT2D eigenvalue weighted by Gasteiger charge is -2.15. The van der Waals surface area contributed by atoms with Gasteiger partial charge in [-0.1, -0.05) is 30.3 Å². The molecule has 0 amide bonds. The van der Waals surface area contributed by atoms with Crippen molar-refractivity contribution < 1.29 is 4.74 Å². The summed E-state index contributed by atoms with van der Waals surface area (Å²) in [4.78, 5) is 31.4. The van der Waals surface area contributed by atoms with Crippen LogP contribution in [0.15, 0.2) is 70.5 Å². The van der Waals surface area contributed by atoms with E-state index < -0.39 is 5.69 Å². The highest BCUT2D eigenvalue weighted by atomic mass is 16.5. The molecule has 4 aromatic rings. The standard InChI is InChI=1S/C24H21N5O3/c25-13-17-6-4-7-18(12-17)14-27-16-26-22-21(27)23(30)28(15-20-10-5-11-32-20)24(31)29(22)19-8-2-1-3-9-19/h1-4,6-9,12,16,20H,5,10-11,14-15H2/t20-/m1/s1. The summed E-state index contributed by atoms with van der Waals surface area (Å²) >= 11 is 0. The number of hydrogen-bond acceptors (Lipinski definition) is 5. The van der Waals surface area contributed by atoms with Gasteiger partial charge in [0.2, 0.25) is 0 Å². The van der Waals surface area contributed by atoms with E-state index >= 15 is 0 Å². The van der Waals surface area contributed by atoms with Gasteiger partial charge in [-0.15, -0.1) is 0 Å². The molecule has 0 spiro atoms. The Bertz CT molecular complexity index is 1440. The van der Waals surface area contributed by atoms with Gasteiger partial charge in [0.15, 0.2) is 11.2 Å². The van der Waals surface area contributed by atoms with E-state index in [2.05, 4.69) is 11.1 Å². The molecule has 0 saturated carbocycles. The Hall–Kier alpha value is -3.96. The fourth-order valence-electron chi connectivity index (χ4n) is 4.20. The number of aromatic nitrogens is 4. The van der Waals surface area contributed by atoms with Gasteiger partial charge in [-0.05, 0) is 42.7 Å². The van der Waals surface area contributed by atoms with Gasteiger partial charge in [0.25, 0.3) is 5.56 Å². The summed E-state index contributed by atoms with van der Waals surface area (Å²) in [7, 11) is 0. The van der Waals surface area contributed by atoms with Crippen molar-refractivity contribution in [1.29, 1.82) is 5.26 Å². The van der Waals surface area contributed by atoms with E-state index in [-0.39, 0.29) is 18.2 Å². The van der Waals surface area contributed by atoms with E-state index in [0.29, 0.717) is 35.6 Å². The van der Waals surface area contributed by atoms with Gasteiger partial charge >= 0.3 is 5.69 Å². The van der Waals surface area contributed by atoms with E-state index in [1.807, 2.05) is 42.5 Å². The number of nitriles is 1. The maximum atomic E-state index is 13.5. The molecular weight excluding hydrogens is 406 g/mol. The fourth-order valence-corrected chi connectivity index (χ4v) is 4.20. The smallest absolute Gasteiger partial charge is 0.337 e. The lowest BCUT2D eigenvalue weighted by atomic mass is 10.1. The molecule has 0 bridgehead atoms. The van der Waals surface area contributed by atoms with Crippen LogP contribution in [0.2, 0.25) is 0 Å². The molecule has 2 aromatic carbocycles. The Balaban J connectivity index is 1.71. The second-order valence-corrected chi connectivity index (χ2v) is 7.86. The highest BCUT2D eigenvalue weighted by Crippen LogP contribution is 2.17. The van der Waals surface area contributed by atoms with E-state index in [0.717, 1.165) is 18.4 Å². The van der Waals surface area contributed by atoms with Crippen molar-refractivity contribution >= 4 is 11.2 Å². The molecule has 2 aromatic heterocycles. The number of nitrogens with zero attached hydrogens (tertiary/aromatic N) is 5. The maximum absolute atomic E-state index is 13.5. The van der Waals surface area contributed by atoms with Crippen LogP contribution in [0.3, 0.4) is 0 Å². The van der Waals surface area contributed by atoms with Crippen LogP contribution >= 0.6 is 0 Å². The molecule has 1 fully saturated rings. The molecule has 3 heterocycles. The van der Waals surface area contributed by atoms with Crippen molar-refractivity contribution in [3.63, 3.8) is 0 Å². The first-order valence-electron chi connectivity index (χ1n) is 10.5. The highest BCUT2D eigenvalue weighted by Gasteiger charge is 2.23. The van der Waals surface area contributed by atoms with Crippen LogP contribution in [0, 0.1) is 11.3 Å². The van der Waals surface area contributed by atoms with E-state index in [9.17, 15) is 14.9 Å². The Morgan fingerprint density at radius 1 is 1.12 bits per heavy atom. The average Bonchev–Trinajstić information content (AvgIpc) is 3.48. The number of ether oxygens (including phenoxy) is 1. The third-order valence-corrected chi connectivity index (χ3v) is 5.73. The Morgan fingerprint density at radius 2 is 1.97 bits per heavy atom. The zero-order valence-electron chi connectivity index (χ0n) is 17.3. The molecule has 1 atom stereocenters.